The quantitative estimate of drug-likeness (QED) is 0.895. The Kier molecular flexibility index (Phi) is 3.36. The number of nitrogens with two attached hydrogens (primary N) is 1. The zero-order chi connectivity index (χ0) is 12.4. The van der Waals surface area contributed by atoms with E-state index in [9.17, 15) is 8.78 Å². The first-order valence-electron chi connectivity index (χ1n) is 4.90. The Balaban J connectivity index is 2.48. The Morgan fingerprint density at radius 1 is 1.18 bits per heavy atom. The van der Waals surface area contributed by atoms with Gasteiger partial charge in [-0.2, -0.15) is 0 Å². The zero-order valence-electron chi connectivity index (χ0n) is 8.70. The molecule has 88 valence electrons. The fraction of sp³-hybridized carbons (Fsp3) is 0.0833. The van der Waals surface area contributed by atoms with Gasteiger partial charge in [-0.25, -0.2) is 8.78 Å². The third-order valence-corrected chi connectivity index (χ3v) is 2.75. The van der Waals surface area contributed by atoms with Crippen molar-refractivity contribution < 1.29 is 8.78 Å². The standard InChI is InChI=1S/C12H9ClF2N2/c13-9-3-1-2-8(11(9)15)12(16)7-4-5-17-6-10(7)14/h1-6,12H,16H2. The van der Waals surface area contributed by atoms with Crippen LogP contribution in [0.4, 0.5) is 8.78 Å². The van der Waals surface area contributed by atoms with Crippen molar-refractivity contribution in [2.45, 2.75) is 6.04 Å². The van der Waals surface area contributed by atoms with Gasteiger partial charge in [-0.05, 0) is 12.1 Å². The van der Waals surface area contributed by atoms with Gasteiger partial charge in [0.25, 0.3) is 0 Å². The lowest BCUT2D eigenvalue weighted by atomic mass is 10.00. The minimum Gasteiger partial charge on any atom is -0.320 e. The summed E-state index contributed by atoms with van der Waals surface area (Å²) in [5, 5.41) is -0.0348. The van der Waals surface area contributed by atoms with Gasteiger partial charge in [0.15, 0.2) is 0 Å². The normalized spacial score (nSPS) is 12.5. The van der Waals surface area contributed by atoms with Crippen LogP contribution < -0.4 is 5.73 Å². The Labute approximate surface area is 102 Å². The van der Waals surface area contributed by atoms with Crippen LogP contribution in [0.15, 0.2) is 36.7 Å². The highest BCUT2D eigenvalue weighted by atomic mass is 35.5. The SMILES string of the molecule is NC(c1ccncc1F)c1cccc(Cl)c1F. The molecule has 1 heterocycles. The van der Waals surface area contributed by atoms with E-state index in [1.165, 1.54) is 24.4 Å². The Morgan fingerprint density at radius 3 is 2.65 bits per heavy atom. The molecule has 0 bridgehead atoms. The van der Waals surface area contributed by atoms with Gasteiger partial charge >= 0.3 is 0 Å². The molecule has 1 unspecified atom stereocenters. The molecule has 0 amide bonds. The monoisotopic (exact) mass is 254 g/mol. The summed E-state index contributed by atoms with van der Waals surface area (Å²) in [6.07, 6.45) is 2.44. The van der Waals surface area contributed by atoms with Crippen molar-refractivity contribution in [1.29, 1.82) is 0 Å². The molecule has 5 heteroatoms. The highest BCUT2D eigenvalue weighted by Gasteiger charge is 2.18. The van der Waals surface area contributed by atoms with Crippen molar-refractivity contribution in [3.63, 3.8) is 0 Å². The highest BCUT2D eigenvalue weighted by molar-refractivity contribution is 6.30. The summed E-state index contributed by atoms with van der Waals surface area (Å²) in [7, 11) is 0. The third-order valence-electron chi connectivity index (χ3n) is 2.46. The molecule has 2 N–H and O–H groups in total. The average Bonchev–Trinajstić information content (AvgIpc) is 2.32. The molecular weight excluding hydrogens is 246 g/mol. The van der Waals surface area contributed by atoms with Crippen molar-refractivity contribution in [1.82, 2.24) is 4.98 Å². The number of halogens is 3. The fourth-order valence-electron chi connectivity index (χ4n) is 1.57. The van der Waals surface area contributed by atoms with Gasteiger partial charge in [-0.15, -0.1) is 0 Å². The first kappa shape index (κ1) is 12.0. The average molecular weight is 255 g/mol. The number of nitrogens with zero attached hydrogens (tertiary/aromatic N) is 1. The van der Waals surface area contributed by atoms with E-state index < -0.39 is 17.7 Å². The molecule has 2 nitrogen and oxygen atoms in total. The molecule has 2 aromatic rings. The number of hydrogen-bond donors (Lipinski definition) is 1. The predicted molar refractivity (Wildman–Crippen MR) is 61.6 cm³/mol. The first-order valence-corrected chi connectivity index (χ1v) is 5.28. The van der Waals surface area contributed by atoms with E-state index in [2.05, 4.69) is 4.98 Å². The number of rotatable bonds is 2. The Bertz CT molecular complexity index is 546. The molecule has 2 rings (SSSR count). The number of benzene rings is 1. The van der Waals surface area contributed by atoms with Gasteiger partial charge in [0, 0.05) is 17.3 Å². The van der Waals surface area contributed by atoms with Crippen molar-refractivity contribution in [2.75, 3.05) is 0 Å². The highest BCUT2D eigenvalue weighted by Crippen LogP contribution is 2.27. The van der Waals surface area contributed by atoms with Gasteiger partial charge in [0.2, 0.25) is 0 Å². The lowest BCUT2D eigenvalue weighted by molar-refractivity contribution is 0.572. The van der Waals surface area contributed by atoms with E-state index in [1.54, 1.807) is 6.07 Å². The first-order chi connectivity index (χ1) is 8.11. The van der Waals surface area contributed by atoms with Crippen molar-refractivity contribution in [2.24, 2.45) is 5.73 Å². The van der Waals surface area contributed by atoms with Crippen LogP contribution in [0, 0.1) is 11.6 Å². The molecule has 0 saturated heterocycles. The van der Waals surface area contributed by atoms with E-state index in [0.29, 0.717) is 0 Å². The summed E-state index contributed by atoms with van der Waals surface area (Å²) < 4.78 is 27.2. The maximum absolute atomic E-state index is 13.7. The molecule has 1 aromatic carbocycles. The van der Waals surface area contributed by atoms with Crippen molar-refractivity contribution in [3.8, 4) is 0 Å². The summed E-state index contributed by atoms with van der Waals surface area (Å²) >= 11 is 5.65. The minimum atomic E-state index is -0.906. The van der Waals surface area contributed by atoms with Gasteiger partial charge in [-0.3, -0.25) is 4.98 Å². The Hall–Kier alpha value is -1.52. The summed E-state index contributed by atoms with van der Waals surface area (Å²) in [6, 6.07) is 4.97. The van der Waals surface area contributed by atoms with E-state index in [1.807, 2.05) is 0 Å². The lowest BCUT2D eigenvalue weighted by Crippen LogP contribution is -2.15. The number of pyridine rings is 1. The maximum Gasteiger partial charge on any atom is 0.146 e. The van der Waals surface area contributed by atoms with Crippen molar-refractivity contribution in [3.05, 3.63) is 64.4 Å². The van der Waals surface area contributed by atoms with Crippen LogP contribution >= 0.6 is 11.6 Å². The molecule has 0 fully saturated rings. The molecule has 0 aliphatic carbocycles. The van der Waals surface area contributed by atoms with Crippen LogP contribution in [0.25, 0.3) is 0 Å². The minimum absolute atomic E-state index is 0.0348. The fourth-order valence-corrected chi connectivity index (χ4v) is 1.75. The van der Waals surface area contributed by atoms with Gasteiger partial charge in [0.1, 0.15) is 11.6 Å². The van der Waals surface area contributed by atoms with E-state index in [4.69, 9.17) is 17.3 Å². The Morgan fingerprint density at radius 2 is 1.94 bits per heavy atom. The van der Waals surface area contributed by atoms with Crippen molar-refractivity contribution >= 4 is 11.6 Å². The largest absolute Gasteiger partial charge is 0.320 e. The van der Waals surface area contributed by atoms with Crippen LogP contribution in [0.3, 0.4) is 0 Å². The summed E-state index contributed by atoms with van der Waals surface area (Å²) in [5.41, 5.74) is 6.16. The van der Waals surface area contributed by atoms with Gasteiger partial charge < -0.3 is 5.73 Å². The molecule has 1 aromatic heterocycles. The summed E-state index contributed by atoms with van der Waals surface area (Å²) in [5.74, 6) is -1.20. The molecule has 0 aliphatic heterocycles. The second-order valence-electron chi connectivity index (χ2n) is 3.52. The molecule has 1 atom stereocenters. The number of hydrogen-bond acceptors (Lipinski definition) is 2. The summed E-state index contributed by atoms with van der Waals surface area (Å²) in [4.78, 5) is 3.61. The second-order valence-corrected chi connectivity index (χ2v) is 3.93. The molecular formula is C12H9ClF2N2. The van der Waals surface area contributed by atoms with Crippen LogP contribution in [-0.2, 0) is 0 Å². The zero-order valence-corrected chi connectivity index (χ0v) is 9.46. The van der Waals surface area contributed by atoms with Crippen LogP contribution in [0.5, 0.6) is 0 Å². The molecule has 0 saturated carbocycles. The van der Waals surface area contributed by atoms with E-state index in [-0.39, 0.29) is 16.1 Å². The van der Waals surface area contributed by atoms with Gasteiger partial charge in [-0.1, -0.05) is 23.7 Å². The second kappa shape index (κ2) is 4.77. The van der Waals surface area contributed by atoms with Gasteiger partial charge in [0.05, 0.1) is 17.3 Å². The number of aromatic nitrogens is 1. The lowest BCUT2D eigenvalue weighted by Gasteiger charge is -2.14. The molecule has 0 aliphatic rings. The topological polar surface area (TPSA) is 38.9 Å². The summed E-state index contributed by atoms with van der Waals surface area (Å²) in [6.45, 7) is 0. The predicted octanol–water partition coefficient (Wildman–Crippen LogP) is 3.06. The maximum atomic E-state index is 13.7. The van der Waals surface area contributed by atoms with E-state index >= 15 is 0 Å². The van der Waals surface area contributed by atoms with Crippen LogP contribution in [0.1, 0.15) is 17.2 Å². The van der Waals surface area contributed by atoms with Crippen LogP contribution in [0.2, 0.25) is 5.02 Å². The molecule has 17 heavy (non-hydrogen) atoms. The molecule has 0 radical (unpaired) electrons. The molecule has 0 spiro atoms. The third kappa shape index (κ3) is 2.28. The van der Waals surface area contributed by atoms with Crippen LogP contribution in [-0.4, -0.2) is 4.98 Å². The van der Waals surface area contributed by atoms with E-state index in [0.717, 1.165) is 6.20 Å². The smallest absolute Gasteiger partial charge is 0.146 e.